The van der Waals surface area contributed by atoms with Crippen molar-refractivity contribution in [3.8, 4) is 11.3 Å². The number of fused-ring (bicyclic) bond motifs is 4. The molecule has 2 nitrogen and oxygen atoms in total. The maximum atomic E-state index is 5.21. The van der Waals surface area contributed by atoms with Gasteiger partial charge in [0.1, 0.15) is 5.69 Å². The van der Waals surface area contributed by atoms with Crippen LogP contribution in [0.4, 0.5) is 0 Å². The lowest BCUT2D eigenvalue weighted by Gasteiger charge is -2.36. The van der Waals surface area contributed by atoms with Crippen molar-refractivity contribution in [2.24, 2.45) is 11.8 Å². The first-order valence-corrected chi connectivity index (χ1v) is 15.6. The molecule has 0 saturated carbocycles. The van der Waals surface area contributed by atoms with Gasteiger partial charge in [0, 0.05) is 23.0 Å². The first kappa shape index (κ1) is 25.7. The molecule has 1 aromatic heterocycles. The zero-order valence-corrected chi connectivity index (χ0v) is 25.4. The van der Waals surface area contributed by atoms with E-state index in [4.69, 9.17) is 4.98 Å². The molecule has 3 aliphatic rings. The van der Waals surface area contributed by atoms with Gasteiger partial charge in [-0.05, 0) is 101 Å². The first-order valence-electron chi connectivity index (χ1n) is 15.6. The van der Waals surface area contributed by atoms with Crippen LogP contribution in [0.15, 0.2) is 72.1 Å². The van der Waals surface area contributed by atoms with Crippen molar-refractivity contribution in [3.63, 3.8) is 0 Å². The Labute approximate surface area is 239 Å². The van der Waals surface area contributed by atoms with Gasteiger partial charge in [-0.1, -0.05) is 83.5 Å². The lowest BCUT2D eigenvalue weighted by molar-refractivity contribution is -0.728. The zero-order chi connectivity index (χ0) is 28.0. The Bertz CT molecular complexity index is 1760. The van der Waals surface area contributed by atoms with Crippen LogP contribution in [-0.2, 0) is 11.0 Å². The third kappa shape index (κ3) is 3.22. The van der Waals surface area contributed by atoms with Crippen LogP contribution < -0.4 is 4.57 Å². The maximum Gasteiger partial charge on any atom is 0.288 e. The molecule has 0 radical (unpaired) electrons. The number of nitrogens with zero attached hydrogens (tertiary/aromatic N) is 2. The van der Waals surface area contributed by atoms with Gasteiger partial charge in [0.15, 0.2) is 11.1 Å². The van der Waals surface area contributed by atoms with Crippen molar-refractivity contribution in [2.45, 2.75) is 91.5 Å². The van der Waals surface area contributed by atoms with Crippen LogP contribution >= 0.6 is 0 Å². The number of hydrogen-bond donors (Lipinski definition) is 0. The smallest absolute Gasteiger partial charge is 0.215 e. The normalized spacial score (nSPS) is 20.2. The Balaban J connectivity index is 1.67. The average molecular weight is 528 g/mol. The molecule has 0 N–H and O–H groups in total. The number of rotatable bonds is 6. The van der Waals surface area contributed by atoms with Crippen molar-refractivity contribution >= 4 is 21.7 Å². The highest BCUT2D eigenvalue weighted by Crippen LogP contribution is 2.58. The second-order valence-corrected chi connectivity index (χ2v) is 13.2. The molecule has 204 valence electrons. The summed E-state index contributed by atoms with van der Waals surface area (Å²) in [4.78, 5) is 5.21. The van der Waals surface area contributed by atoms with Gasteiger partial charge in [-0.15, -0.1) is 0 Å². The highest BCUT2D eigenvalue weighted by molar-refractivity contribution is 6.06. The highest BCUT2D eigenvalue weighted by atomic mass is 15.1. The van der Waals surface area contributed by atoms with Crippen LogP contribution in [0.25, 0.3) is 32.9 Å². The predicted octanol–water partition coefficient (Wildman–Crippen LogP) is 9.48. The molecule has 0 bridgehead atoms. The molecule has 1 spiro atoms. The second kappa shape index (κ2) is 8.87. The monoisotopic (exact) mass is 527 g/mol. The van der Waals surface area contributed by atoms with Gasteiger partial charge < -0.3 is 0 Å². The van der Waals surface area contributed by atoms with Crippen molar-refractivity contribution in [1.82, 2.24) is 4.98 Å². The fourth-order valence-corrected chi connectivity index (χ4v) is 8.65. The van der Waals surface area contributed by atoms with Crippen LogP contribution in [-0.4, -0.2) is 4.98 Å². The molecule has 7 rings (SSSR count). The van der Waals surface area contributed by atoms with E-state index in [1.165, 1.54) is 80.9 Å². The SMILES string of the molecule is CCC(CC)C1=CC2(CC(C(CC)CC)=C1)c1cc3ccccc3c3c1-c1c4c(cc(C)cc4nc[n+]12)C3(C)C. The third-order valence-corrected chi connectivity index (χ3v) is 10.7. The molecule has 0 saturated heterocycles. The van der Waals surface area contributed by atoms with E-state index in [1.807, 2.05) is 0 Å². The molecule has 2 heterocycles. The minimum absolute atomic E-state index is 0.126. The lowest BCUT2D eigenvalue weighted by Crippen LogP contribution is -2.55. The standard InChI is InChI=1S/C38H43N2/c1-8-24(9-2)27-18-28(25(10-3)11-4)21-38(20-27)31-19-26-14-12-13-15-29(26)35-34(31)36-33-30(37(35,6)7)16-23(5)17-32(33)39-22-40(36)38/h12-20,22,24-25H,8-11,21H2,1-7H3/q+1. The van der Waals surface area contributed by atoms with E-state index in [9.17, 15) is 0 Å². The number of benzene rings is 3. The number of allylic oxidation sites excluding steroid dienone is 4. The summed E-state index contributed by atoms with van der Waals surface area (Å²) in [7, 11) is 0. The lowest BCUT2D eigenvalue weighted by atomic mass is 9.66. The van der Waals surface area contributed by atoms with Gasteiger partial charge in [0.05, 0.1) is 5.39 Å². The summed E-state index contributed by atoms with van der Waals surface area (Å²) in [6.07, 6.45) is 13.2. The Morgan fingerprint density at radius 3 is 2.35 bits per heavy atom. The zero-order valence-electron chi connectivity index (χ0n) is 25.4. The summed E-state index contributed by atoms with van der Waals surface area (Å²) in [5.41, 5.74) is 12.4. The van der Waals surface area contributed by atoms with E-state index in [2.05, 4.69) is 114 Å². The quantitative estimate of drug-likeness (QED) is 0.228. The van der Waals surface area contributed by atoms with Gasteiger partial charge in [0.25, 0.3) is 6.33 Å². The minimum Gasteiger partial charge on any atom is -0.215 e. The molecule has 1 unspecified atom stereocenters. The molecule has 1 aliphatic heterocycles. The summed E-state index contributed by atoms with van der Waals surface area (Å²) in [6, 6.07) is 16.4. The Morgan fingerprint density at radius 1 is 0.900 bits per heavy atom. The largest absolute Gasteiger partial charge is 0.288 e. The van der Waals surface area contributed by atoms with Crippen LogP contribution in [0.5, 0.6) is 0 Å². The highest BCUT2D eigenvalue weighted by Gasteiger charge is 2.54. The van der Waals surface area contributed by atoms with Gasteiger partial charge in [0.2, 0.25) is 0 Å². The van der Waals surface area contributed by atoms with Crippen molar-refractivity contribution in [3.05, 3.63) is 94.3 Å². The topological polar surface area (TPSA) is 16.8 Å². The average Bonchev–Trinajstić information content (AvgIpc) is 3.20. The minimum atomic E-state index is -0.252. The van der Waals surface area contributed by atoms with E-state index in [0.29, 0.717) is 11.8 Å². The molecular formula is C38H43N2+. The molecule has 2 aliphatic carbocycles. The number of hydrogen-bond acceptors (Lipinski definition) is 1. The van der Waals surface area contributed by atoms with E-state index >= 15 is 0 Å². The fraction of sp³-hybridized carbons (Fsp3) is 0.421. The predicted molar refractivity (Wildman–Crippen MR) is 168 cm³/mol. The number of aromatic nitrogens is 2. The summed E-state index contributed by atoms with van der Waals surface area (Å²) in [5.74, 6) is 1.18. The van der Waals surface area contributed by atoms with E-state index in [0.717, 1.165) is 11.9 Å². The molecule has 2 heteroatoms. The summed E-state index contributed by atoms with van der Waals surface area (Å²) in [6.45, 7) is 16.6. The van der Waals surface area contributed by atoms with Crippen molar-refractivity contribution in [2.75, 3.05) is 0 Å². The first-order chi connectivity index (χ1) is 19.3. The summed E-state index contributed by atoms with van der Waals surface area (Å²) < 4.78 is 2.61. The molecule has 0 amide bonds. The summed E-state index contributed by atoms with van der Waals surface area (Å²) in [5, 5.41) is 4.10. The molecular weight excluding hydrogens is 484 g/mol. The Morgan fingerprint density at radius 2 is 1.62 bits per heavy atom. The summed E-state index contributed by atoms with van der Waals surface area (Å²) >= 11 is 0. The second-order valence-electron chi connectivity index (χ2n) is 13.2. The van der Waals surface area contributed by atoms with Gasteiger partial charge in [-0.3, -0.25) is 0 Å². The molecule has 1 atom stereocenters. The molecule has 4 aromatic rings. The molecule has 0 fully saturated rings. The van der Waals surface area contributed by atoms with Crippen LogP contribution in [0, 0.1) is 18.8 Å². The van der Waals surface area contributed by atoms with Gasteiger partial charge in [-0.25, -0.2) is 4.57 Å². The van der Waals surface area contributed by atoms with Crippen molar-refractivity contribution in [1.29, 1.82) is 0 Å². The van der Waals surface area contributed by atoms with Crippen LogP contribution in [0.3, 0.4) is 0 Å². The van der Waals surface area contributed by atoms with Gasteiger partial charge in [-0.2, -0.15) is 0 Å². The fourth-order valence-electron chi connectivity index (χ4n) is 8.65. The van der Waals surface area contributed by atoms with E-state index < -0.39 is 0 Å². The van der Waals surface area contributed by atoms with E-state index in [-0.39, 0.29) is 11.0 Å². The van der Waals surface area contributed by atoms with Crippen LogP contribution in [0.1, 0.15) is 95.9 Å². The number of aryl methyl sites for hydroxylation is 1. The van der Waals surface area contributed by atoms with Gasteiger partial charge >= 0.3 is 0 Å². The Hall–Kier alpha value is -3.26. The maximum absolute atomic E-state index is 5.21. The third-order valence-electron chi connectivity index (χ3n) is 10.7. The molecule has 40 heavy (non-hydrogen) atoms. The Kier molecular flexibility index (Phi) is 5.70. The molecule has 3 aromatic carbocycles. The van der Waals surface area contributed by atoms with Crippen molar-refractivity contribution < 1.29 is 4.57 Å². The van der Waals surface area contributed by atoms with E-state index in [1.54, 1.807) is 5.57 Å². The van der Waals surface area contributed by atoms with Crippen LogP contribution in [0.2, 0.25) is 0 Å².